The number of benzene rings is 1. The lowest BCUT2D eigenvalue weighted by molar-refractivity contribution is 0.0949. The molecule has 2 heterocycles. The van der Waals surface area contributed by atoms with E-state index in [1.165, 1.54) is 6.08 Å². The van der Waals surface area contributed by atoms with E-state index in [2.05, 4.69) is 33.7 Å². The monoisotopic (exact) mass is 444 g/mol. The molecule has 1 aromatic carbocycles. The summed E-state index contributed by atoms with van der Waals surface area (Å²) in [7, 11) is 0. The maximum Gasteiger partial charge on any atom is 0.257 e. The minimum absolute atomic E-state index is 0.0859. The van der Waals surface area contributed by atoms with Gasteiger partial charge < -0.3 is 15.0 Å². The van der Waals surface area contributed by atoms with Gasteiger partial charge in [0.05, 0.1) is 6.61 Å². The van der Waals surface area contributed by atoms with Crippen molar-refractivity contribution in [1.29, 1.82) is 0 Å². The normalized spacial score (nSPS) is 14.3. The minimum Gasteiger partial charge on any atom is -0.493 e. The van der Waals surface area contributed by atoms with Gasteiger partial charge >= 0.3 is 0 Å². The van der Waals surface area contributed by atoms with Crippen LogP contribution in [0.25, 0.3) is 0 Å². The summed E-state index contributed by atoms with van der Waals surface area (Å²) in [5.41, 5.74) is 0.522. The molecule has 6 nitrogen and oxygen atoms in total. The number of nitrogens with zero attached hydrogens (tertiary/aromatic N) is 3. The van der Waals surface area contributed by atoms with Gasteiger partial charge in [-0.15, -0.1) is 6.58 Å². The smallest absolute Gasteiger partial charge is 0.257 e. The molecular weight excluding hydrogens is 414 g/mol. The van der Waals surface area contributed by atoms with Gasteiger partial charge in [0.25, 0.3) is 5.91 Å². The fraction of sp³-hybridized carbons (Fsp3) is 0.458. The first kappa shape index (κ1) is 23.6. The van der Waals surface area contributed by atoms with Gasteiger partial charge in [0.15, 0.2) is 0 Å². The van der Waals surface area contributed by atoms with E-state index in [1.54, 1.807) is 0 Å². The Kier molecular flexibility index (Phi) is 8.53. The first-order valence-corrected chi connectivity index (χ1v) is 11.1. The van der Waals surface area contributed by atoms with Crippen molar-refractivity contribution < 1.29 is 18.3 Å². The third-order valence-corrected chi connectivity index (χ3v) is 5.67. The van der Waals surface area contributed by atoms with Crippen LogP contribution in [0.15, 0.2) is 37.2 Å². The van der Waals surface area contributed by atoms with Gasteiger partial charge in [0.2, 0.25) is 5.95 Å². The number of anilines is 1. The molecule has 1 N–H and O–H groups in total. The molecule has 0 spiro atoms. The number of carbonyl (C=O) groups is 1. The SMILES string of the molecule is C=CCNC(=O)c1c(F)cc(OCCCC2CCN(c3ncc(CC)cn3)CC2)cc1F. The number of amides is 1. The molecule has 32 heavy (non-hydrogen) atoms. The first-order chi connectivity index (χ1) is 15.5. The van der Waals surface area contributed by atoms with E-state index in [0.29, 0.717) is 12.5 Å². The molecule has 0 saturated carbocycles. The topological polar surface area (TPSA) is 67.3 Å². The van der Waals surface area contributed by atoms with Crippen LogP contribution in [-0.2, 0) is 6.42 Å². The van der Waals surface area contributed by atoms with Crippen LogP contribution in [0.5, 0.6) is 5.75 Å². The van der Waals surface area contributed by atoms with Crippen molar-refractivity contribution in [2.45, 2.75) is 39.0 Å². The molecule has 0 aliphatic carbocycles. The maximum absolute atomic E-state index is 14.2. The van der Waals surface area contributed by atoms with Crippen LogP contribution in [0.4, 0.5) is 14.7 Å². The van der Waals surface area contributed by atoms with Gasteiger partial charge in [-0.05, 0) is 43.6 Å². The third-order valence-electron chi connectivity index (χ3n) is 5.67. The maximum atomic E-state index is 14.2. The molecular formula is C24H30F2N4O2. The number of ether oxygens (including phenoxy) is 1. The van der Waals surface area contributed by atoms with Gasteiger partial charge in [-0.25, -0.2) is 18.7 Å². The molecule has 3 rings (SSSR count). The molecule has 1 saturated heterocycles. The summed E-state index contributed by atoms with van der Waals surface area (Å²) in [6.45, 7) is 7.87. The van der Waals surface area contributed by atoms with E-state index < -0.39 is 23.1 Å². The Labute approximate surface area is 187 Å². The van der Waals surface area contributed by atoms with Crippen LogP contribution < -0.4 is 15.0 Å². The number of hydrogen-bond donors (Lipinski definition) is 1. The minimum atomic E-state index is -0.942. The average Bonchev–Trinajstić information content (AvgIpc) is 2.80. The lowest BCUT2D eigenvalue weighted by atomic mass is 9.92. The lowest BCUT2D eigenvalue weighted by Crippen LogP contribution is -2.35. The van der Waals surface area contributed by atoms with Crippen LogP contribution in [0.3, 0.4) is 0 Å². The highest BCUT2D eigenvalue weighted by Gasteiger charge is 2.21. The largest absolute Gasteiger partial charge is 0.493 e. The van der Waals surface area contributed by atoms with E-state index in [9.17, 15) is 13.6 Å². The highest BCUT2D eigenvalue weighted by Crippen LogP contribution is 2.25. The van der Waals surface area contributed by atoms with Crippen molar-refractivity contribution in [3.63, 3.8) is 0 Å². The number of nitrogens with one attached hydrogen (secondary N) is 1. The van der Waals surface area contributed by atoms with Gasteiger partial charge in [-0.2, -0.15) is 0 Å². The summed E-state index contributed by atoms with van der Waals surface area (Å²) in [6, 6.07) is 2.10. The van der Waals surface area contributed by atoms with Gasteiger partial charge in [-0.1, -0.05) is 13.0 Å². The molecule has 1 aliphatic rings. The van der Waals surface area contributed by atoms with E-state index in [0.717, 1.165) is 68.8 Å². The second-order valence-corrected chi connectivity index (χ2v) is 7.93. The van der Waals surface area contributed by atoms with Crippen LogP contribution in [0, 0.1) is 17.6 Å². The molecule has 0 unspecified atom stereocenters. The number of halogens is 2. The summed E-state index contributed by atoms with van der Waals surface area (Å²) in [5.74, 6) is -1.25. The standard InChI is InChI=1S/C24H30F2N4O2/c1-3-9-27-23(31)22-20(25)13-19(14-21(22)26)32-12-5-6-18-7-10-30(11-8-18)24-28-15-17(4-2)16-29-24/h3,13-16,18H,1,4-12H2,2H3,(H,27,31). The molecule has 0 radical (unpaired) electrons. The fourth-order valence-corrected chi connectivity index (χ4v) is 3.78. The van der Waals surface area contributed by atoms with E-state index in [-0.39, 0.29) is 12.3 Å². The van der Waals surface area contributed by atoms with Crippen molar-refractivity contribution in [2.24, 2.45) is 5.92 Å². The predicted molar refractivity (Wildman–Crippen MR) is 120 cm³/mol. The molecule has 1 fully saturated rings. The Bertz CT molecular complexity index is 890. The van der Waals surface area contributed by atoms with Crippen molar-refractivity contribution in [3.8, 4) is 5.75 Å². The summed E-state index contributed by atoms with van der Waals surface area (Å²) < 4.78 is 33.9. The highest BCUT2D eigenvalue weighted by atomic mass is 19.1. The van der Waals surface area contributed by atoms with Gasteiger partial charge in [0, 0.05) is 44.2 Å². The summed E-state index contributed by atoms with van der Waals surface area (Å²) in [5, 5.41) is 2.37. The molecule has 0 atom stereocenters. The van der Waals surface area contributed by atoms with Crippen LogP contribution >= 0.6 is 0 Å². The zero-order valence-electron chi connectivity index (χ0n) is 18.4. The summed E-state index contributed by atoms with van der Waals surface area (Å²) in [4.78, 5) is 23.0. The highest BCUT2D eigenvalue weighted by molar-refractivity contribution is 5.95. The number of hydrogen-bond acceptors (Lipinski definition) is 5. The van der Waals surface area contributed by atoms with E-state index in [1.807, 2.05) is 12.4 Å². The molecule has 0 bridgehead atoms. The molecule has 1 amide bonds. The van der Waals surface area contributed by atoms with Crippen molar-refractivity contribution in [2.75, 3.05) is 31.1 Å². The number of rotatable bonds is 10. The number of aromatic nitrogens is 2. The van der Waals surface area contributed by atoms with E-state index >= 15 is 0 Å². The van der Waals surface area contributed by atoms with Crippen LogP contribution in [-0.4, -0.2) is 42.1 Å². The Morgan fingerprint density at radius 2 is 1.91 bits per heavy atom. The summed E-state index contributed by atoms with van der Waals surface area (Å²) in [6.07, 6.45) is 10.0. The fourth-order valence-electron chi connectivity index (χ4n) is 3.78. The second kappa shape index (κ2) is 11.5. The molecule has 1 aromatic heterocycles. The van der Waals surface area contributed by atoms with Gasteiger partial charge in [-0.3, -0.25) is 4.79 Å². The lowest BCUT2D eigenvalue weighted by Gasteiger charge is -2.32. The Morgan fingerprint density at radius 3 is 2.50 bits per heavy atom. The number of carbonyl (C=O) groups excluding carboxylic acids is 1. The quantitative estimate of drug-likeness (QED) is 0.437. The van der Waals surface area contributed by atoms with Crippen molar-refractivity contribution >= 4 is 11.9 Å². The van der Waals surface area contributed by atoms with Crippen molar-refractivity contribution in [3.05, 3.63) is 59.9 Å². The van der Waals surface area contributed by atoms with Crippen LogP contribution in [0.1, 0.15) is 48.5 Å². The molecule has 172 valence electrons. The zero-order valence-corrected chi connectivity index (χ0v) is 18.4. The number of aryl methyl sites for hydroxylation is 1. The first-order valence-electron chi connectivity index (χ1n) is 11.1. The summed E-state index contributed by atoms with van der Waals surface area (Å²) >= 11 is 0. The Hall–Kier alpha value is -3.03. The molecule has 8 heteroatoms. The Balaban J connectivity index is 1.41. The van der Waals surface area contributed by atoms with Crippen molar-refractivity contribution in [1.82, 2.24) is 15.3 Å². The number of piperidine rings is 1. The molecule has 1 aliphatic heterocycles. The molecule has 2 aromatic rings. The Morgan fingerprint density at radius 1 is 1.25 bits per heavy atom. The van der Waals surface area contributed by atoms with Gasteiger partial charge in [0.1, 0.15) is 22.9 Å². The third kappa shape index (κ3) is 6.24. The van der Waals surface area contributed by atoms with Crippen LogP contribution in [0.2, 0.25) is 0 Å². The zero-order chi connectivity index (χ0) is 22.9. The average molecular weight is 445 g/mol. The van der Waals surface area contributed by atoms with E-state index in [4.69, 9.17) is 4.74 Å². The second-order valence-electron chi connectivity index (χ2n) is 7.93. The predicted octanol–water partition coefficient (Wildman–Crippen LogP) is 4.31.